The van der Waals surface area contributed by atoms with Crippen LogP contribution in [0.1, 0.15) is 6.42 Å². The highest BCUT2D eigenvalue weighted by Gasteiger charge is 2.36. The Bertz CT molecular complexity index is 840. The van der Waals surface area contributed by atoms with E-state index in [1.165, 1.54) is 17.0 Å². The maximum Gasteiger partial charge on any atom is 0.229 e. The van der Waals surface area contributed by atoms with E-state index < -0.39 is 29.1 Å². The molecule has 0 radical (unpaired) electrons. The number of para-hydroxylation sites is 1. The van der Waals surface area contributed by atoms with Crippen molar-refractivity contribution in [2.24, 2.45) is 5.92 Å². The third kappa shape index (κ3) is 3.60. The van der Waals surface area contributed by atoms with E-state index in [1.54, 1.807) is 12.1 Å². The molecule has 130 valence electrons. The molecule has 0 spiro atoms. The molecule has 1 N–H and O–H groups in total. The molecule has 3 rings (SSSR count). The molecule has 1 fully saturated rings. The van der Waals surface area contributed by atoms with Crippen LogP contribution in [-0.4, -0.2) is 18.4 Å². The minimum Gasteiger partial charge on any atom is -0.321 e. The van der Waals surface area contributed by atoms with Gasteiger partial charge in [0, 0.05) is 18.0 Å². The third-order valence-electron chi connectivity index (χ3n) is 3.91. The first-order chi connectivity index (χ1) is 11.9. The smallest absolute Gasteiger partial charge is 0.229 e. The van der Waals surface area contributed by atoms with Gasteiger partial charge in [0.05, 0.1) is 16.6 Å². The van der Waals surface area contributed by atoms with Crippen LogP contribution in [0.15, 0.2) is 36.4 Å². The first-order valence-corrected chi connectivity index (χ1v) is 8.12. The summed E-state index contributed by atoms with van der Waals surface area (Å²) in [6, 6.07) is 7.94. The molecule has 1 heterocycles. The second-order valence-electron chi connectivity index (χ2n) is 5.59. The van der Waals surface area contributed by atoms with Crippen molar-refractivity contribution in [1.82, 2.24) is 0 Å². The van der Waals surface area contributed by atoms with Gasteiger partial charge in [0.25, 0.3) is 0 Å². The molecule has 2 aromatic rings. The fourth-order valence-electron chi connectivity index (χ4n) is 2.66. The van der Waals surface area contributed by atoms with Crippen LogP contribution in [0.3, 0.4) is 0 Å². The highest BCUT2D eigenvalue weighted by molar-refractivity contribution is 6.36. The Morgan fingerprint density at radius 3 is 2.48 bits per heavy atom. The normalized spacial score (nSPS) is 17.0. The van der Waals surface area contributed by atoms with Crippen molar-refractivity contribution in [3.8, 4) is 0 Å². The molecule has 1 aliphatic rings. The summed E-state index contributed by atoms with van der Waals surface area (Å²) in [6.07, 6.45) is -0.0825. The van der Waals surface area contributed by atoms with E-state index in [4.69, 9.17) is 23.2 Å². The average Bonchev–Trinajstić information content (AvgIpc) is 2.93. The summed E-state index contributed by atoms with van der Waals surface area (Å²) in [5.74, 6) is -3.45. The first-order valence-electron chi connectivity index (χ1n) is 7.37. The molecule has 0 bridgehead atoms. The van der Waals surface area contributed by atoms with Gasteiger partial charge in [0.15, 0.2) is 0 Å². The Morgan fingerprint density at radius 2 is 1.84 bits per heavy atom. The lowest BCUT2D eigenvalue weighted by Crippen LogP contribution is -2.28. The number of hydrogen-bond donors (Lipinski definition) is 1. The molecule has 2 amide bonds. The van der Waals surface area contributed by atoms with Gasteiger partial charge < -0.3 is 10.2 Å². The predicted molar refractivity (Wildman–Crippen MR) is 91.9 cm³/mol. The lowest BCUT2D eigenvalue weighted by Gasteiger charge is -2.18. The zero-order valence-electron chi connectivity index (χ0n) is 12.7. The maximum absolute atomic E-state index is 13.6. The number of nitrogens with one attached hydrogen (secondary N) is 1. The van der Waals surface area contributed by atoms with Crippen molar-refractivity contribution in [2.45, 2.75) is 6.42 Å². The summed E-state index contributed by atoms with van der Waals surface area (Å²) in [6.45, 7) is 0.0576. The summed E-state index contributed by atoms with van der Waals surface area (Å²) in [4.78, 5) is 25.9. The molecule has 0 saturated carbocycles. The number of hydrogen-bond acceptors (Lipinski definition) is 2. The van der Waals surface area contributed by atoms with Gasteiger partial charge in [-0.15, -0.1) is 0 Å². The molecule has 4 nitrogen and oxygen atoms in total. The van der Waals surface area contributed by atoms with Gasteiger partial charge in [-0.25, -0.2) is 8.78 Å². The molecule has 1 aliphatic heterocycles. The SMILES string of the molecule is O=C(Nc1c(F)cccc1F)C1CC(=O)N(c2ccc(Cl)cc2Cl)C1. The Balaban J connectivity index is 1.77. The van der Waals surface area contributed by atoms with Crippen LogP contribution in [-0.2, 0) is 9.59 Å². The van der Waals surface area contributed by atoms with Gasteiger partial charge in [0.1, 0.15) is 17.3 Å². The van der Waals surface area contributed by atoms with E-state index in [1.807, 2.05) is 0 Å². The van der Waals surface area contributed by atoms with Crippen molar-refractivity contribution >= 4 is 46.4 Å². The Hall–Kier alpha value is -2.18. The van der Waals surface area contributed by atoms with Crippen LogP contribution in [0, 0.1) is 17.6 Å². The second kappa shape index (κ2) is 6.98. The lowest BCUT2D eigenvalue weighted by molar-refractivity contribution is -0.122. The van der Waals surface area contributed by atoms with Crippen molar-refractivity contribution in [1.29, 1.82) is 0 Å². The summed E-state index contributed by atoms with van der Waals surface area (Å²) in [5, 5.41) is 2.92. The standard InChI is InChI=1S/C17H12Cl2F2N2O2/c18-10-4-5-14(11(19)7-10)23-8-9(6-15(23)24)17(25)22-16-12(20)2-1-3-13(16)21/h1-5,7,9H,6,8H2,(H,22,25). The van der Waals surface area contributed by atoms with Crippen molar-refractivity contribution in [3.63, 3.8) is 0 Å². The molecule has 0 aliphatic carbocycles. The fraction of sp³-hybridized carbons (Fsp3) is 0.176. The molecule has 25 heavy (non-hydrogen) atoms. The Kier molecular flexibility index (Phi) is 4.92. The number of amides is 2. The van der Waals surface area contributed by atoms with Crippen LogP contribution in [0.25, 0.3) is 0 Å². The van der Waals surface area contributed by atoms with Crippen molar-refractivity contribution in [2.75, 3.05) is 16.8 Å². The molecule has 0 aromatic heterocycles. The Morgan fingerprint density at radius 1 is 1.16 bits per heavy atom. The minimum atomic E-state index is -0.879. The van der Waals surface area contributed by atoms with E-state index in [2.05, 4.69) is 5.32 Å². The maximum atomic E-state index is 13.6. The Labute approximate surface area is 152 Å². The van der Waals surface area contributed by atoms with Crippen LogP contribution in [0.2, 0.25) is 10.0 Å². The lowest BCUT2D eigenvalue weighted by atomic mass is 10.1. The summed E-state index contributed by atoms with van der Waals surface area (Å²) >= 11 is 11.9. The van der Waals surface area contributed by atoms with Crippen molar-refractivity contribution < 1.29 is 18.4 Å². The van der Waals surface area contributed by atoms with Gasteiger partial charge in [-0.05, 0) is 30.3 Å². The molecule has 1 atom stereocenters. The van der Waals surface area contributed by atoms with Gasteiger partial charge >= 0.3 is 0 Å². The molecular weight excluding hydrogens is 373 g/mol. The molecular formula is C17H12Cl2F2N2O2. The largest absolute Gasteiger partial charge is 0.321 e. The first kappa shape index (κ1) is 17.6. The van der Waals surface area contributed by atoms with Gasteiger partial charge in [-0.2, -0.15) is 0 Å². The number of carbonyl (C=O) groups is 2. The number of carbonyl (C=O) groups excluding carboxylic acids is 2. The summed E-state index contributed by atoms with van der Waals surface area (Å²) < 4.78 is 27.3. The van der Waals surface area contributed by atoms with Crippen LogP contribution in [0.5, 0.6) is 0 Å². The van der Waals surface area contributed by atoms with Crippen LogP contribution >= 0.6 is 23.2 Å². The highest BCUT2D eigenvalue weighted by atomic mass is 35.5. The van der Waals surface area contributed by atoms with E-state index in [0.29, 0.717) is 10.7 Å². The number of halogens is 4. The summed E-state index contributed by atoms with van der Waals surface area (Å²) in [7, 11) is 0. The zero-order valence-corrected chi connectivity index (χ0v) is 14.2. The number of rotatable bonds is 3. The number of nitrogens with zero attached hydrogens (tertiary/aromatic N) is 1. The van der Waals surface area contributed by atoms with E-state index in [-0.39, 0.29) is 23.9 Å². The second-order valence-corrected chi connectivity index (χ2v) is 6.43. The van der Waals surface area contributed by atoms with Gasteiger partial charge in [-0.3, -0.25) is 9.59 Å². The van der Waals surface area contributed by atoms with Gasteiger partial charge in [-0.1, -0.05) is 29.3 Å². The molecule has 2 aromatic carbocycles. The highest BCUT2D eigenvalue weighted by Crippen LogP contribution is 2.33. The van der Waals surface area contributed by atoms with E-state index in [9.17, 15) is 18.4 Å². The van der Waals surface area contributed by atoms with Crippen molar-refractivity contribution in [3.05, 3.63) is 58.1 Å². The monoisotopic (exact) mass is 384 g/mol. The molecule has 1 saturated heterocycles. The van der Waals surface area contributed by atoms with Crippen LogP contribution in [0.4, 0.5) is 20.2 Å². The average molecular weight is 385 g/mol. The quantitative estimate of drug-likeness (QED) is 0.858. The van der Waals surface area contributed by atoms with E-state index in [0.717, 1.165) is 12.1 Å². The fourth-order valence-corrected chi connectivity index (χ4v) is 3.17. The minimum absolute atomic E-state index is 0.0576. The topological polar surface area (TPSA) is 49.4 Å². The molecule has 8 heteroatoms. The summed E-state index contributed by atoms with van der Waals surface area (Å²) in [5.41, 5.74) is -0.0913. The van der Waals surface area contributed by atoms with Crippen LogP contribution < -0.4 is 10.2 Å². The van der Waals surface area contributed by atoms with Gasteiger partial charge in [0.2, 0.25) is 11.8 Å². The third-order valence-corrected chi connectivity index (χ3v) is 4.45. The van der Waals surface area contributed by atoms with E-state index >= 15 is 0 Å². The molecule has 1 unspecified atom stereocenters. The number of benzene rings is 2. The zero-order chi connectivity index (χ0) is 18.1. The number of anilines is 2. The predicted octanol–water partition coefficient (Wildman–Crippen LogP) is 4.26.